The van der Waals surface area contributed by atoms with E-state index in [1.165, 1.54) is 11.1 Å². The summed E-state index contributed by atoms with van der Waals surface area (Å²) in [6.45, 7) is 7.72. The fourth-order valence-electron chi connectivity index (χ4n) is 1.72. The molecule has 2 atom stereocenters. The van der Waals surface area contributed by atoms with Crippen LogP contribution in [0.1, 0.15) is 36.8 Å². The van der Waals surface area contributed by atoms with Gasteiger partial charge in [-0.05, 0) is 31.2 Å². The minimum absolute atomic E-state index is 0.251. The largest absolute Gasteiger partial charge is 0.388 e. The summed E-state index contributed by atoms with van der Waals surface area (Å²) >= 11 is 0. The average molecular weight is 229 g/mol. The summed E-state index contributed by atoms with van der Waals surface area (Å²) in [4.78, 5) is 0. The maximum absolute atomic E-state index is 9.64. The van der Waals surface area contributed by atoms with Gasteiger partial charge in [-0.2, -0.15) is 5.26 Å². The molecule has 2 nitrogen and oxygen atoms in total. The smallest absolute Gasteiger partial charge is 0.0968 e. The first-order chi connectivity index (χ1) is 8.04. The Bertz CT molecular complexity index is 414. The van der Waals surface area contributed by atoms with E-state index in [4.69, 9.17) is 5.26 Å². The van der Waals surface area contributed by atoms with Crippen LogP contribution in [-0.4, -0.2) is 11.2 Å². The number of rotatable bonds is 5. The molecule has 17 heavy (non-hydrogen) atoms. The van der Waals surface area contributed by atoms with E-state index in [9.17, 15) is 5.11 Å². The lowest BCUT2D eigenvalue weighted by Crippen LogP contribution is -2.09. The number of nitrogens with zero attached hydrogens (tertiary/aromatic N) is 1. The summed E-state index contributed by atoms with van der Waals surface area (Å²) < 4.78 is 0. The van der Waals surface area contributed by atoms with Crippen molar-refractivity contribution in [3.8, 4) is 6.07 Å². The molecule has 1 rings (SSSR count). The molecule has 90 valence electrons. The monoisotopic (exact) mass is 229 g/mol. The van der Waals surface area contributed by atoms with E-state index in [1.54, 1.807) is 0 Å². The Morgan fingerprint density at radius 1 is 1.35 bits per heavy atom. The van der Waals surface area contributed by atoms with Gasteiger partial charge in [-0.25, -0.2) is 0 Å². The normalized spacial score (nSPS) is 13.8. The molecule has 0 saturated carbocycles. The molecular weight excluding hydrogens is 210 g/mol. The Balaban J connectivity index is 2.50. The van der Waals surface area contributed by atoms with Crippen LogP contribution in [0.25, 0.3) is 0 Å². The van der Waals surface area contributed by atoms with E-state index in [-0.39, 0.29) is 5.57 Å². The highest BCUT2D eigenvalue weighted by molar-refractivity contribution is 5.24. The Morgan fingerprint density at radius 3 is 2.47 bits per heavy atom. The van der Waals surface area contributed by atoms with E-state index >= 15 is 0 Å². The first-order valence-electron chi connectivity index (χ1n) is 5.88. The fourth-order valence-corrected chi connectivity index (χ4v) is 1.72. The third-order valence-electron chi connectivity index (χ3n) is 3.07. The predicted octanol–water partition coefficient (Wildman–Crippen LogP) is 3.32. The van der Waals surface area contributed by atoms with E-state index in [1.807, 2.05) is 6.07 Å². The Hall–Kier alpha value is -1.59. The first-order valence-corrected chi connectivity index (χ1v) is 5.88. The van der Waals surface area contributed by atoms with Crippen molar-refractivity contribution in [2.24, 2.45) is 0 Å². The van der Waals surface area contributed by atoms with Gasteiger partial charge in [-0.1, -0.05) is 43.3 Å². The van der Waals surface area contributed by atoms with Crippen molar-refractivity contribution in [2.75, 3.05) is 0 Å². The number of hydrogen-bond donors (Lipinski definition) is 1. The quantitative estimate of drug-likeness (QED) is 0.787. The molecular formula is C15H19NO. The molecule has 1 N–H and O–H groups in total. The Morgan fingerprint density at radius 2 is 1.94 bits per heavy atom. The number of benzene rings is 1. The highest BCUT2D eigenvalue weighted by atomic mass is 16.3. The molecule has 0 aliphatic carbocycles. The van der Waals surface area contributed by atoms with Crippen LogP contribution in [0.15, 0.2) is 36.4 Å². The van der Waals surface area contributed by atoms with Gasteiger partial charge in [0.05, 0.1) is 17.7 Å². The summed E-state index contributed by atoms with van der Waals surface area (Å²) in [5.74, 6) is 0.386. The third-order valence-corrected chi connectivity index (χ3v) is 3.07. The second-order valence-electron chi connectivity index (χ2n) is 4.54. The van der Waals surface area contributed by atoms with Crippen molar-refractivity contribution >= 4 is 0 Å². The summed E-state index contributed by atoms with van der Waals surface area (Å²) in [5.41, 5.74) is 2.77. The van der Waals surface area contributed by atoms with E-state index < -0.39 is 6.10 Å². The zero-order chi connectivity index (χ0) is 12.8. The highest BCUT2D eigenvalue weighted by Gasteiger charge is 2.11. The molecule has 0 saturated heterocycles. The van der Waals surface area contributed by atoms with Crippen LogP contribution in [0.3, 0.4) is 0 Å². The SMILES string of the molecule is C=C(C#N)C(O)CCC(C)c1ccc(C)cc1. The van der Waals surface area contributed by atoms with Gasteiger partial charge in [-0.15, -0.1) is 0 Å². The maximum atomic E-state index is 9.64. The second kappa shape index (κ2) is 6.22. The van der Waals surface area contributed by atoms with Crippen LogP contribution >= 0.6 is 0 Å². The minimum atomic E-state index is -0.701. The van der Waals surface area contributed by atoms with Gasteiger partial charge in [0, 0.05) is 0 Å². The fraction of sp³-hybridized carbons (Fsp3) is 0.400. The maximum Gasteiger partial charge on any atom is 0.0968 e. The van der Waals surface area contributed by atoms with Gasteiger partial charge in [-0.3, -0.25) is 0 Å². The van der Waals surface area contributed by atoms with Crippen molar-refractivity contribution in [1.29, 1.82) is 5.26 Å². The summed E-state index contributed by atoms with van der Waals surface area (Å²) in [7, 11) is 0. The summed E-state index contributed by atoms with van der Waals surface area (Å²) in [5, 5.41) is 18.2. The van der Waals surface area contributed by atoms with Crippen LogP contribution < -0.4 is 0 Å². The lowest BCUT2D eigenvalue weighted by Gasteiger charge is -2.14. The number of aryl methyl sites for hydroxylation is 1. The zero-order valence-electron chi connectivity index (χ0n) is 10.5. The minimum Gasteiger partial charge on any atom is -0.388 e. The van der Waals surface area contributed by atoms with Gasteiger partial charge >= 0.3 is 0 Å². The van der Waals surface area contributed by atoms with Crippen LogP contribution in [-0.2, 0) is 0 Å². The van der Waals surface area contributed by atoms with Gasteiger partial charge in [0.15, 0.2) is 0 Å². The molecule has 0 spiro atoms. The second-order valence-corrected chi connectivity index (χ2v) is 4.54. The molecule has 2 unspecified atom stereocenters. The molecule has 0 amide bonds. The van der Waals surface area contributed by atoms with Crippen molar-refractivity contribution in [3.63, 3.8) is 0 Å². The number of hydrogen-bond acceptors (Lipinski definition) is 2. The van der Waals surface area contributed by atoms with Gasteiger partial charge in [0.2, 0.25) is 0 Å². The van der Waals surface area contributed by atoms with Crippen molar-refractivity contribution in [1.82, 2.24) is 0 Å². The number of nitriles is 1. The molecule has 0 aliphatic rings. The lowest BCUT2D eigenvalue weighted by molar-refractivity contribution is 0.199. The van der Waals surface area contributed by atoms with E-state index in [0.29, 0.717) is 12.3 Å². The highest BCUT2D eigenvalue weighted by Crippen LogP contribution is 2.22. The first kappa shape index (κ1) is 13.5. The molecule has 0 radical (unpaired) electrons. The molecule has 0 bridgehead atoms. The van der Waals surface area contributed by atoms with Crippen molar-refractivity contribution in [2.45, 2.75) is 38.7 Å². The van der Waals surface area contributed by atoms with Crippen LogP contribution in [0.2, 0.25) is 0 Å². The Kier molecular flexibility index (Phi) is 4.93. The van der Waals surface area contributed by atoms with Crippen LogP contribution in [0.4, 0.5) is 0 Å². The number of aliphatic hydroxyl groups excluding tert-OH is 1. The van der Waals surface area contributed by atoms with E-state index in [0.717, 1.165) is 6.42 Å². The van der Waals surface area contributed by atoms with Crippen molar-refractivity contribution in [3.05, 3.63) is 47.5 Å². The molecule has 1 aromatic rings. The van der Waals surface area contributed by atoms with E-state index in [2.05, 4.69) is 44.7 Å². The van der Waals surface area contributed by atoms with Gasteiger partial charge in [0.1, 0.15) is 0 Å². The number of aliphatic hydroxyl groups is 1. The zero-order valence-corrected chi connectivity index (χ0v) is 10.5. The van der Waals surface area contributed by atoms with Crippen LogP contribution in [0.5, 0.6) is 0 Å². The van der Waals surface area contributed by atoms with Crippen molar-refractivity contribution < 1.29 is 5.11 Å². The summed E-state index contributed by atoms with van der Waals surface area (Å²) in [6, 6.07) is 10.3. The molecule has 0 aromatic heterocycles. The molecule has 1 aromatic carbocycles. The predicted molar refractivity (Wildman–Crippen MR) is 69.6 cm³/mol. The molecule has 0 heterocycles. The molecule has 0 aliphatic heterocycles. The van der Waals surface area contributed by atoms with Gasteiger partial charge in [0.25, 0.3) is 0 Å². The standard InChI is InChI=1S/C15H19NO/c1-11-4-7-14(8-5-11)12(2)6-9-15(17)13(3)10-16/h4-5,7-8,12,15,17H,3,6,9H2,1-2H3. The average Bonchev–Trinajstić information content (AvgIpc) is 2.35. The molecule has 2 heteroatoms. The summed E-state index contributed by atoms with van der Waals surface area (Å²) in [6.07, 6.45) is 0.736. The third kappa shape index (κ3) is 4.05. The topological polar surface area (TPSA) is 44.0 Å². The molecule has 0 fully saturated rings. The Labute approximate surface area is 103 Å². The van der Waals surface area contributed by atoms with Crippen LogP contribution in [0, 0.1) is 18.3 Å². The lowest BCUT2D eigenvalue weighted by atomic mass is 9.93. The van der Waals surface area contributed by atoms with Gasteiger partial charge < -0.3 is 5.11 Å².